The van der Waals surface area contributed by atoms with E-state index in [1.807, 2.05) is 43.3 Å². The van der Waals surface area contributed by atoms with Crippen molar-refractivity contribution in [3.63, 3.8) is 0 Å². The third kappa shape index (κ3) is 2.30. The van der Waals surface area contributed by atoms with Crippen molar-refractivity contribution in [3.05, 3.63) is 69.8 Å². The summed E-state index contributed by atoms with van der Waals surface area (Å²) in [6, 6.07) is 15.0. The van der Waals surface area contributed by atoms with Crippen molar-refractivity contribution in [2.75, 3.05) is 0 Å². The zero-order chi connectivity index (χ0) is 15.0. The van der Waals surface area contributed by atoms with E-state index in [1.165, 1.54) is 0 Å². The first-order valence-electron chi connectivity index (χ1n) is 6.63. The highest BCUT2D eigenvalue weighted by Gasteiger charge is 2.19. The molecule has 0 unspecified atom stereocenters. The van der Waals surface area contributed by atoms with Crippen LogP contribution in [0.4, 0.5) is 0 Å². The van der Waals surface area contributed by atoms with Crippen molar-refractivity contribution >= 4 is 32.7 Å². The lowest BCUT2D eigenvalue weighted by molar-refractivity contribution is 0.0962. The Bertz CT molecular complexity index is 836. The highest BCUT2D eigenvalue weighted by molar-refractivity contribution is 9.10. The number of nitrogens with zero attached hydrogens (tertiary/aromatic N) is 1. The number of fused-ring (bicyclic) bond motifs is 1. The van der Waals surface area contributed by atoms with E-state index in [4.69, 9.17) is 0 Å². The van der Waals surface area contributed by atoms with Gasteiger partial charge in [0.25, 0.3) is 5.91 Å². The standard InChI is InChI=1S/C17H14BrNO2/c1-11-15(10-20)14-7-2-3-8-16(14)19(11)17(21)12-5-4-6-13(18)9-12/h2-9,20H,10H2,1H3. The maximum absolute atomic E-state index is 12.8. The first-order valence-corrected chi connectivity index (χ1v) is 7.43. The Morgan fingerprint density at radius 1 is 1.19 bits per heavy atom. The van der Waals surface area contributed by atoms with Crippen molar-refractivity contribution in [1.29, 1.82) is 0 Å². The second-order valence-corrected chi connectivity index (χ2v) is 5.81. The van der Waals surface area contributed by atoms with Crippen molar-refractivity contribution in [1.82, 2.24) is 4.57 Å². The van der Waals surface area contributed by atoms with Gasteiger partial charge in [0.05, 0.1) is 12.1 Å². The van der Waals surface area contributed by atoms with E-state index in [0.717, 1.165) is 26.6 Å². The van der Waals surface area contributed by atoms with Gasteiger partial charge in [0.1, 0.15) is 0 Å². The average Bonchev–Trinajstić information content (AvgIpc) is 2.78. The van der Waals surface area contributed by atoms with Gasteiger partial charge in [-0.05, 0) is 31.2 Å². The summed E-state index contributed by atoms with van der Waals surface area (Å²) in [6.07, 6.45) is 0. The molecule has 0 amide bonds. The molecule has 0 bridgehead atoms. The summed E-state index contributed by atoms with van der Waals surface area (Å²) in [5.74, 6) is -0.0929. The summed E-state index contributed by atoms with van der Waals surface area (Å²) < 4.78 is 2.53. The van der Waals surface area contributed by atoms with Crippen molar-refractivity contribution < 1.29 is 9.90 Å². The lowest BCUT2D eigenvalue weighted by atomic mass is 10.1. The lowest BCUT2D eigenvalue weighted by Crippen LogP contribution is -2.13. The van der Waals surface area contributed by atoms with Crippen LogP contribution in [0.25, 0.3) is 10.9 Å². The molecule has 0 saturated carbocycles. The van der Waals surface area contributed by atoms with E-state index in [9.17, 15) is 9.90 Å². The van der Waals surface area contributed by atoms with Crippen LogP contribution in [0.5, 0.6) is 0 Å². The topological polar surface area (TPSA) is 42.2 Å². The van der Waals surface area contributed by atoms with Crippen LogP contribution in [0.15, 0.2) is 53.0 Å². The van der Waals surface area contributed by atoms with Crippen LogP contribution >= 0.6 is 15.9 Å². The molecular weight excluding hydrogens is 330 g/mol. The number of carbonyl (C=O) groups is 1. The molecule has 3 rings (SSSR count). The average molecular weight is 344 g/mol. The van der Waals surface area contributed by atoms with Crippen LogP contribution in [0, 0.1) is 6.92 Å². The van der Waals surface area contributed by atoms with Crippen molar-refractivity contribution in [2.24, 2.45) is 0 Å². The number of carbonyl (C=O) groups excluding carboxylic acids is 1. The predicted octanol–water partition coefficient (Wildman–Crippen LogP) is 3.89. The van der Waals surface area contributed by atoms with E-state index in [1.54, 1.807) is 16.7 Å². The van der Waals surface area contributed by atoms with Crippen LogP contribution in [-0.4, -0.2) is 15.6 Å². The van der Waals surface area contributed by atoms with Gasteiger partial charge in [0, 0.05) is 26.7 Å². The molecule has 0 spiro atoms. The Kier molecular flexibility index (Phi) is 3.66. The van der Waals surface area contributed by atoms with Crippen LogP contribution in [-0.2, 0) is 6.61 Å². The lowest BCUT2D eigenvalue weighted by Gasteiger charge is -2.07. The number of hydrogen-bond acceptors (Lipinski definition) is 2. The normalized spacial score (nSPS) is 11.0. The van der Waals surface area contributed by atoms with Gasteiger partial charge < -0.3 is 5.11 Å². The zero-order valence-corrected chi connectivity index (χ0v) is 13.1. The van der Waals surface area contributed by atoms with Crippen molar-refractivity contribution in [3.8, 4) is 0 Å². The molecule has 106 valence electrons. The van der Waals surface area contributed by atoms with Gasteiger partial charge in [-0.3, -0.25) is 9.36 Å². The first kappa shape index (κ1) is 14.0. The maximum Gasteiger partial charge on any atom is 0.262 e. The summed E-state index contributed by atoms with van der Waals surface area (Å²) in [4.78, 5) is 12.8. The fourth-order valence-corrected chi connectivity index (χ4v) is 3.05. The number of aromatic nitrogens is 1. The molecule has 0 aliphatic carbocycles. The maximum atomic E-state index is 12.8. The molecule has 21 heavy (non-hydrogen) atoms. The van der Waals surface area contributed by atoms with Crippen LogP contribution in [0.3, 0.4) is 0 Å². The summed E-state index contributed by atoms with van der Waals surface area (Å²) in [7, 11) is 0. The number of aliphatic hydroxyl groups is 1. The molecule has 0 atom stereocenters. The Morgan fingerprint density at radius 2 is 1.95 bits per heavy atom. The number of aliphatic hydroxyl groups excluding tert-OH is 1. The van der Waals surface area contributed by atoms with E-state index < -0.39 is 0 Å². The first-order chi connectivity index (χ1) is 10.1. The molecule has 2 aromatic carbocycles. The molecule has 1 heterocycles. The largest absolute Gasteiger partial charge is 0.392 e. The molecule has 1 N–H and O–H groups in total. The van der Waals surface area contributed by atoms with E-state index >= 15 is 0 Å². The van der Waals surface area contributed by atoms with Crippen LogP contribution in [0.2, 0.25) is 0 Å². The fraction of sp³-hybridized carbons (Fsp3) is 0.118. The summed E-state index contributed by atoms with van der Waals surface area (Å²) >= 11 is 3.39. The number of para-hydroxylation sites is 1. The van der Waals surface area contributed by atoms with Gasteiger partial charge in [0.2, 0.25) is 0 Å². The van der Waals surface area contributed by atoms with Crippen molar-refractivity contribution in [2.45, 2.75) is 13.5 Å². The molecule has 0 aliphatic heterocycles. The van der Waals surface area contributed by atoms with Gasteiger partial charge in [0.15, 0.2) is 0 Å². The van der Waals surface area contributed by atoms with E-state index in [2.05, 4.69) is 15.9 Å². The van der Waals surface area contributed by atoms with Gasteiger partial charge in [-0.2, -0.15) is 0 Å². The Hall–Kier alpha value is -1.91. The fourth-order valence-electron chi connectivity index (χ4n) is 2.65. The third-order valence-electron chi connectivity index (χ3n) is 3.67. The summed E-state index contributed by atoms with van der Waals surface area (Å²) in [6.45, 7) is 1.78. The Labute approximate surface area is 131 Å². The molecule has 0 saturated heterocycles. The molecule has 0 aliphatic rings. The Morgan fingerprint density at radius 3 is 2.67 bits per heavy atom. The molecule has 4 heteroatoms. The van der Waals surface area contributed by atoms with Crippen LogP contribution < -0.4 is 0 Å². The SMILES string of the molecule is Cc1c(CO)c2ccccc2n1C(=O)c1cccc(Br)c1. The number of hydrogen-bond donors (Lipinski definition) is 1. The van der Waals surface area contributed by atoms with Gasteiger partial charge >= 0.3 is 0 Å². The summed E-state index contributed by atoms with van der Waals surface area (Å²) in [5, 5.41) is 10.5. The smallest absolute Gasteiger partial charge is 0.262 e. The number of rotatable bonds is 2. The van der Waals surface area contributed by atoms with E-state index in [-0.39, 0.29) is 12.5 Å². The zero-order valence-electron chi connectivity index (χ0n) is 11.5. The molecule has 0 radical (unpaired) electrons. The highest BCUT2D eigenvalue weighted by atomic mass is 79.9. The molecular formula is C17H14BrNO2. The molecule has 1 aromatic heterocycles. The second-order valence-electron chi connectivity index (χ2n) is 4.89. The molecule has 0 fully saturated rings. The molecule has 3 nitrogen and oxygen atoms in total. The highest BCUT2D eigenvalue weighted by Crippen LogP contribution is 2.27. The minimum Gasteiger partial charge on any atom is -0.392 e. The molecule has 3 aromatic rings. The third-order valence-corrected chi connectivity index (χ3v) is 4.17. The minimum atomic E-state index is -0.0929. The minimum absolute atomic E-state index is 0.0783. The van der Waals surface area contributed by atoms with Gasteiger partial charge in [-0.1, -0.05) is 40.2 Å². The second kappa shape index (κ2) is 5.47. The summed E-state index contributed by atoms with van der Waals surface area (Å²) in [5.41, 5.74) is 3.01. The monoisotopic (exact) mass is 343 g/mol. The van der Waals surface area contributed by atoms with Crippen LogP contribution in [0.1, 0.15) is 21.6 Å². The number of halogens is 1. The predicted molar refractivity (Wildman–Crippen MR) is 86.5 cm³/mol. The van der Waals surface area contributed by atoms with E-state index in [0.29, 0.717) is 5.56 Å². The quantitative estimate of drug-likeness (QED) is 0.766. The Balaban J connectivity index is 2.25. The number of benzene rings is 2. The van der Waals surface area contributed by atoms with Gasteiger partial charge in [-0.25, -0.2) is 0 Å². The van der Waals surface area contributed by atoms with Gasteiger partial charge in [-0.15, -0.1) is 0 Å².